The summed E-state index contributed by atoms with van der Waals surface area (Å²) in [5, 5.41) is 13.9. The Morgan fingerprint density at radius 1 is 1.59 bits per heavy atom. The lowest BCUT2D eigenvalue weighted by Crippen LogP contribution is -2.44. The fourth-order valence-electron chi connectivity index (χ4n) is 2.13. The highest BCUT2D eigenvalue weighted by molar-refractivity contribution is 5.57. The van der Waals surface area contributed by atoms with Crippen LogP contribution in [0.1, 0.15) is 32.6 Å². The van der Waals surface area contributed by atoms with Gasteiger partial charge in [0.1, 0.15) is 5.82 Å². The van der Waals surface area contributed by atoms with E-state index in [-0.39, 0.29) is 17.0 Å². The van der Waals surface area contributed by atoms with Crippen LogP contribution in [0.5, 0.6) is 0 Å². The van der Waals surface area contributed by atoms with Crippen molar-refractivity contribution in [2.75, 3.05) is 11.1 Å². The summed E-state index contributed by atoms with van der Waals surface area (Å²) in [6.07, 6.45) is 4.46. The SMILES string of the molecule is CCC1(Nc2ccc([N+](=O)[O-])c(N)n2)CCC1. The molecule has 0 aliphatic heterocycles. The highest BCUT2D eigenvalue weighted by Crippen LogP contribution is 2.38. The molecule has 1 aliphatic rings. The van der Waals surface area contributed by atoms with E-state index in [1.807, 2.05) is 0 Å². The fraction of sp³-hybridized carbons (Fsp3) is 0.545. The lowest BCUT2D eigenvalue weighted by atomic mass is 9.75. The summed E-state index contributed by atoms with van der Waals surface area (Å²) in [6, 6.07) is 3.01. The Morgan fingerprint density at radius 3 is 2.71 bits per heavy atom. The van der Waals surface area contributed by atoms with E-state index in [0.717, 1.165) is 19.3 Å². The predicted octanol–water partition coefficient (Wildman–Crippen LogP) is 2.32. The van der Waals surface area contributed by atoms with Crippen LogP contribution in [0.25, 0.3) is 0 Å². The van der Waals surface area contributed by atoms with Gasteiger partial charge in [-0.1, -0.05) is 6.92 Å². The standard InChI is InChI=1S/C11H16N4O2/c1-2-11(6-3-7-11)14-9-5-4-8(15(16)17)10(12)13-9/h4-5H,2-3,6-7H2,1H3,(H3,12,13,14). The smallest absolute Gasteiger partial charge is 0.311 e. The number of rotatable bonds is 4. The van der Waals surface area contributed by atoms with E-state index in [9.17, 15) is 10.1 Å². The molecule has 1 heterocycles. The second kappa shape index (κ2) is 4.20. The van der Waals surface area contributed by atoms with Crippen LogP contribution in [-0.4, -0.2) is 15.4 Å². The Labute approximate surface area is 99.4 Å². The monoisotopic (exact) mass is 236 g/mol. The molecular formula is C11H16N4O2. The first kappa shape index (κ1) is 11.6. The van der Waals surface area contributed by atoms with E-state index in [4.69, 9.17) is 5.73 Å². The summed E-state index contributed by atoms with van der Waals surface area (Å²) in [5.74, 6) is 0.584. The molecule has 6 heteroatoms. The molecule has 0 bridgehead atoms. The minimum absolute atomic E-state index is 0.0365. The van der Waals surface area contributed by atoms with Gasteiger partial charge in [0.2, 0.25) is 5.82 Å². The molecule has 1 aliphatic carbocycles. The Morgan fingerprint density at radius 2 is 2.29 bits per heavy atom. The molecule has 1 fully saturated rings. The number of aromatic nitrogens is 1. The van der Waals surface area contributed by atoms with E-state index in [0.29, 0.717) is 5.82 Å². The van der Waals surface area contributed by atoms with Crippen molar-refractivity contribution in [1.29, 1.82) is 0 Å². The summed E-state index contributed by atoms with van der Waals surface area (Å²) >= 11 is 0. The maximum atomic E-state index is 10.6. The second-order valence-corrected chi connectivity index (χ2v) is 4.47. The molecule has 0 amide bonds. The van der Waals surface area contributed by atoms with Gasteiger partial charge in [-0.3, -0.25) is 10.1 Å². The van der Waals surface area contributed by atoms with Gasteiger partial charge < -0.3 is 11.1 Å². The summed E-state index contributed by atoms with van der Waals surface area (Å²) < 4.78 is 0. The molecule has 0 aromatic carbocycles. The van der Waals surface area contributed by atoms with Crippen molar-refractivity contribution in [1.82, 2.24) is 4.98 Å². The van der Waals surface area contributed by atoms with E-state index >= 15 is 0 Å². The Bertz CT molecular complexity index is 438. The number of hydrogen-bond donors (Lipinski definition) is 2. The van der Waals surface area contributed by atoms with Crippen molar-refractivity contribution in [2.45, 2.75) is 38.1 Å². The molecule has 3 N–H and O–H groups in total. The van der Waals surface area contributed by atoms with E-state index in [1.165, 1.54) is 12.5 Å². The zero-order valence-electron chi connectivity index (χ0n) is 9.77. The fourth-order valence-corrected chi connectivity index (χ4v) is 2.13. The number of anilines is 2. The van der Waals surface area contributed by atoms with Crippen LogP contribution in [0.4, 0.5) is 17.3 Å². The number of nitrogens with one attached hydrogen (secondary N) is 1. The first-order valence-electron chi connectivity index (χ1n) is 5.75. The topological polar surface area (TPSA) is 94.1 Å². The molecule has 1 saturated carbocycles. The van der Waals surface area contributed by atoms with Gasteiger partial charge in [-0.2, -0.15) is 0 Å². The van der Waals surface area contributed by atoms with E-state index in [1.54, 1.807) is 6.07 Å². The van der Waals surface area contributed by atoms with Gasteiger partial charge in [-0.05, 0) is 31.7 Å². The zero-order valence-corrected chi connectivity index (χ0v) is 9.77. The molecule has 0 radical (unpaired) electrons. The third-order valence-corrected chi connectivity index (χ3v) is 3.48. The highest BCUT2D eigenvalue weighted by atomic mass is 16.6. The largest absolute Gasteiger partial charge is 0.378 e. The molecule has 2 rings (SSSR count). The van der Waals surface area contributed by atoms with E-state index < -0.39 is 4.92 Å². The lowest BCUT2D eigenvalue weighted by molar-refractivity contribution is -0.384. The third-order valence-electron chi connectivity index (χ3n) is 3.48. The van der Waals surface area contributed by atoms with Crippen LogP contribution in [0.2, 0.25) is 0 Å². The van der Waals surface area contributed by atoms with Crippen LogP contribution in [0, 0.1) is 10.1 Å². The van der Waals surface area contributed by atoms with Crippen molar-refractivity contribution in [2.24, 2.45) is 0 Å². The van der Waals surface area contributed by atoms with Crippen LogP contribution in [0.15, 0.2) is 12.1 Å². The summed E-state index contributed by atoms with van der Waals surface area (Å²) in [7, 11) is 0. The normalized spacial score (nSPS) is 17.2. The minimum atomic E-state index is -0.523. The summed E-state index contributed by atoms with van der Waals surface area (Å²) in [6.45, 7) is 2.13. The van der Waals surface area contributed by atoms with Crippen molar-refractivity contribution < 1.29 is 4.92 Å². The summed E-state index contributed by atoms with van der Waals surface area (Å²) in [4.78, 5) is 14.1. The molecule has 6 nitrogen and oxygen atoms in total. The van der Waals surface area contributed by atoms with Crippen LogP contribution < -0.4 is 11.1 Å². The molecule has 1 aromatic heterocycles. The van der Waals surface area contributed by atoms with Crippen LogP contribution in [0.3, 0.4) is 0 Å². The Balaban J connectivity index is 2.17. The van der Waals surface area contributed by atoms with Crippen molar-refractivity contribution >= 4 is 17.3 Å². The van der Waals surface area contributed by atoms with Gasteiger partial charge in [-0.25, -0.2) is 4.98 Å². The minimum Gasteiger partial charge on any atom is -0.378 e. The number of nitrogens with two attached hydrogens (primary N) is 1. The number of hydrogen-bond acceptors (Lipinski definition) is 5. The Hall–Kier alpha value is -1.85. The first-order valence-corrected chi connectivity index (χ1v) is 5.75. The lowest BCUT2D eigenvalue weighted by Gasteiger charge is -2.42. The molecule has 0 unspecified atom stereocenters. The number of nitrogen functional groups attached to an aromatic ring is 1. The predicted molar refractivity (Wildman–Crippen MR) is 65.8 cm³/mol. The van der Waals surface area contributed by atoms with E-state index in [2.05, 4.69) is 17.2 Å². The van der Waals surface area contributed by atoms with Gasteiger partial charge in [-0.15, -0.1) is 0 Å². The highest BCUT2D eigenvalue weighted by Gasteiger charge is 2.35. The van der Waals surface area contributed by atoms with Crippen LogP contribution in [-0.2, 0) is 0 Å². The average Bonchev–Trinajstić information content (AvgIpc) is 2.23. The quantitative estimate of drug-likeness (QED) is 0.618. The molecular weight excluding hydrogens is 220 g/mol. The van der Waals surface area contributed by atoms with Crippen LogP contribution >= 0.6 is 0 Å². The average molecular weight is 236 g/mol. The number of pyridine rings is 1. The molecule has 0 spiro atoms. The molecule has 1 aromatic rings. The summed E-state index contributed by atoms with van der Waals surface area (Å²) in [5.41, 5.74) is 5.51. The zero-order chi connectivity index (χ0) is 12.5. The molecule has 0 saturated heterocycles. The van der Waals surface area contributed by atoms with Gasteiger partial charge >= 0.3 is 5.69 Å². The van der Waals surface area contributed by atoms with Gasteiger partial charge in [0, 0.05) is 11.6 Å². The van der Waals surface area contributed by atoms with Gasteiger partial charge in [0.15, 0.2) is 0 Å². The van der Waals surface area contributed by atoms with Gasteiger partial charge in [0.25, 0.3) is 0 Å². The van der Waals surface area contributed by atoms with Crippen molar-refractivity contribution in [3.05, 3.63) is 22.2 Å². The molecule has 92 valence electrons. The molecule has 0 atom stereocenters. The number of nitro groups is 1. The van der Waals surface area contributed by atoms with Crippen molar-refractivity contribution in [3.63, 3.8) is 0 Å². The maximum Gasteiger partial charge on any atom is 0.311 e. The second-order valence-electron chi connectivity index (χ2n) is 4.47. The van der Waals surface area contributed by atoms with Gasteiger partial charge in [0.05, 0.1) is 4.92 Å². The Kier molecular flexibility index (Phi) is 2.87. The molecule has 17 heavy (non-hydrogen) atoms. The van der Waals surface area contributed by atoms with Crippen molar-refractivity contribution in [3.8, 4) is 0 Å². The third kappa shape index (κ3) is 2.15. The number of nitrogens with zero attached hydrogens (tertiary/aromatic N) is 2. The maximum absolute atomic E-state index is 10.6. The first-order chi connectivity index (χ1) is 8.06.